The highest BCUT2D eigenvalue weighted by atomic mass is 31.2. The van der Waals surface area contributed by atoms with Crippen LogP contribution in [0.2, 0.25) is 0 Å². The third-order valence-corrected chi connectivity index (χ3v) is 26.1. The average molecular weight is 1640 g/mol. The first kappa shape index (κ1) is 99.1. The van der Waals surface area contributed by atoms with Crippen LogP contribution in [0.4, 0.5) is 0 Å². The number of hydrogen-bond acceptors (Lipinski definition) is 9. The minimum absolute atomic E-state index is 0.0760. The van der Waals surface area contributed by atoms with Crippen molar-refractivity contribution >= 4 is 25.8 Å². The van der Waals surface area contributed by atoms with Crippen LogP contribution in [-0.4, -0.2) is 19.8 Å². The molecule has 4 atom stereocenters. The van der Waals surface area contributed by atoms with Crippen LogP contribution < -0.4 is 27.1 Å². The predicted molar refractivity (Wildman–Crippen MR) is 498 cm³/mol. The Hall–Kier alpha value is -4.71. The molecule has 0 saturated carbocycles. The molecule has 0 aliphatic carbocycles. The van der Waals surface area contributed by atoms with Crippen molar-refractivity contribution < 1.29 is 40.7 Å². The molecule has 9 nitrogen and oxygen atoms in total. The molecule has 6 rings (SSSR count). The minimum Gasteiger partial charge on any atom is -0.417 e. The van der Waals surface area contributed by atoms with Gasteiger partial charge in [0.25, 0.3) is 0 Å². The lowest BCUT2D eigenvalue weighted by Gasteiger charge is -2.33. The number of unbranched alkanes of at least 4 members (excludes halogenated alkanes) is 30. The summed E-state index contributed by atoms with van der Waals surface area (Å²) >= 11 is 0. The molecule has 115 heavy (non-hydrogen) atoms. The van der Waals surface area contributed by atoms with Crippen LogP contribution in [0.5, 0.6) is 34.5 Å². The Morgan fingerprint density at radius 2 is 0.496 bits per heavy atom. The number of aryl methyl sites for hydroxylation is 6. The fourth-order valence-corrected chi connectivity index (χ4v) is 18.9. The van der Waals surface area contributed by atoms with Crippen molar-refractivity contribution in [3.63, 3.8) is 0 Å². The van der Waals surface area contributed by atoms with Gasteiger partial charge in [0.2, 0.25) is 0 Å². The van der Waals surface area contributed by atoms with E-state index in [4.69, 9.17) is 40.7 Å². The second-order valence-corrected chi connectivity index (χ2v) is 39.7. The Balaban J connectivity index is 1.51. The van der Waals surface area contributed by atoms with Crippen molar-refractivity contribution in [2.24, 2.45) is 0 Å². The number of benzene rings is 6. The monoisotopic (exact) mass is 1640 g/mol. The molecular formula is C103H163O9P3. The van der Waals surface area contributed by atoms with Gasteiger partial charge in [-0.3, -0.25) is 13.6 Å². The molecule has 0 aromatic heterocycles. The lowest BCUT2D eigenvalue weighted by Crippen LogP contribution is -2.19. The second kappa shape index (κ2) is 55.3. The van der Waals surface area contributed by atoms with Crippen LogP contribution in [0.15, 0.2) is 109 Å². The van der Waals surface area contributed by atoms with Gasteiger partial charge in [-0.05, 0) is 194 Å². The van der Waals surface area contributed by atoms with Gasteiger partial charge < -0.3 is 27.1 Å². The summed E-state index contributed by atoms with van der Waals surface area (Å²) < 4.78 is 63.9. The molecule has 0 aliphatic rings. The summed E-state index contributed by atoms with van der Waals surface area (Å²) in [6, 6.07) is 40.1. The number of hydrogen-bond donors (Lipinski definition) is 0. The van der Waals surface area contributed by atoms with Gasteiger partial charge in [0.05, 0.1) is 19.8 Å². The first-order valence-corrected chi connectivity index (χ1v) is 49.8. The Morgan fingerprint density at radius 1 is 0.270 bits per heavy atom. The fourth-order valence-electron chi connectivity index (χ4n) is 15.7. The minimum atomic E-state index is -1.85. The van der Waals surface area contributed by atoms with Gasteiger partial charge in [-0.25, -0.2) is 0 Å². The molecule has 0 fully saturated rings. The van der Waals surface area contributed by atoms with Gasteiger partial charge in [0.1, 0.15) is 34.5 Å². The molecule has 0 radical (unpaired) electrons. The van der Waals surface area contributed by atoms with Crippen LogP contribution in [0.3, 0.4) is 0 Å². The molecule has 12 heteroatoms. The third kappa shape index (κ3) is 36.6. The molecule has 6 aromatic rings. The maximum absolute atomic E-state index is 7.37. The average Bonchev–Trinajstić information content (AvgIpc) is 0.767. The summed E-state index contributed by atoms with van der Waals surface area (Å²) in [6.45, 7) is 45.7. The zero-order valence-electron chi connectivity index (χ0n) is 76.5. The highest BCUT2D eigenvalue weighted by Gasteiger charge is 2.35. The third-order valence-electron chi connectivity index (χ3n) is 22.8. The summed E-state index contributed by atoms with van der Waals surface area (Å²) in [5.41, 5.74) is 13.4. The van der Waals surface area contributed by atoms with Gasteiger partial charge in [-0.1, -0.05) is 376 Å². The second-order valence-electron chi connectivity index (χ2n) is 36.5. The van der Waals surface area contributed by atoms with Crippen molar-refractivity contribution in [1.82, 2.24) is 0 Å². The lowest BCUT2D eigenvalue weighted by molar-refractivity contribution is 0.255. The SMILES string of the molecule is CCCCCCCCOP(Oc1ccccc1CCCCCCCC)Oc1cc(C)c(C(C)CC(c2cc(C(C)(C)C)c(OP(OCCCCCCCC)Oc3ccccc3CCCCCCCC)cc2C)c2cc(C(C)(C)C)c(OP(OCCCCCCCC)Oc3ccccc3CCCCCCCC)cc2C)cc1C(C)(C)C. The molecular weight excluding hydrogens is 1470 g/mol. The summed E-state index contributed by atoms with van der Waals surface area (Å²) in [5.74, 6) is 5.02. The highest BCUT2D eigenvalue weighted by molar-refractivity contribution is 7.43. The number of rotatable bonds is 62. The smallest absolute Gasteiger partial charge is 0.417 e. The van der Waals surface area contributed by atoms with Crippen molar-refractivity contribution in [3.05, 3.63) is 176 Å². The highest BCUT2D eigenvalue weighted by Crippen LogP contribution is 2.53. The zero-order valence-corrected chi connectivity index (χ0v) is 79.2. The van der Waals surface area contributed by atoms with E-state index in [9.17, 15) is 0 Å². The molecule has 0 saturated heterocycles. The van der Waals surface area contributed by atoms with Crippen molar-refractivity contribution in [2.75, 3.05) is 19.8 Å². The molecule has 4 unspecified atom stereocenters. The first-order chi connectivity index (χ1) is 55.4. The van der Waals surface area contributed by atoms with E-state index in [0.717, 1.165) is 146 Å². The molecule has 0 spiro atoms. The van der Waals surface area contributed by atoms with E-state index >= 15 is 0 Å². The van der Waals surface area contributed by atoms with Crippen LogP contribution in [-0.2, 0) is 49.1 Å². The molecule has 0 N–H and O–H groups in total. The molecule has 0 aliphatic heterocycles. The standard InChI is InChI=1S/C103H163O9P3/c1-20-26-32-38-44-50-62-85-65-53-56-68-95(85)107-113(104-71-59-47-41-35-29-23-4)110-98-75-82(8)88(78-92(98)101(11,12)13)81(7)74-91(89-79-93(102(14,15)16)99(76-83(89)9)111-114(105-72-60-48-42-36-30-24-5)108-96-69-57-54-66-86(96)63-51-45-39-33-27-21-2)90-80-94(103(17,18)19)100(77-84(90)10)112-115(106-73-61-49-43-37-31-25-6)109-97-70-58-55-67-87(97)64-52-46-40-34-28-22-3/h53-58,65-70,75-81,91H,20-52,59-64,71-74H2,1-19H3. The largest absolute Gasteiger partial charge is 0.463 e. The quantitative estimate of drug-likeness (QED) is 0.0274. The van der Waals surface area contributed by atoms with E-state index in [-0.39, 0.29) is 28.1 Å². The van der Waals surface area contributed by atoms with Gasteiger partial charge in [0, 0.05) is 22.6 Å². The van der Waals surface area contributed by atoms with Gasteiger partial charge in [-0.15, -0.1) is 0 Å². The van der Waals surface area contributed by atoms with Crippen LogP contribution in [0.1, 0.15) is 427 Å². The Labute approximate surface area is 708 Å². The molecule has 0 bridgehead atoms. The van der Waals surface area contributed by atoms with Crippen LogP contribution in [0.25, 0.3) is 0 Å². The van der Waals surface area contributed by atoms with E-state index in [0.29, 0.717) is 19.8 Å². The van der Waals surface area contributed by atoms with E-state index in [2.05, 4.69) is 241 Å². The lowest BCUT2D eigenvalue weighted by atomic mass is 9.74. The summed E-state index contributed by atoms with van der Waals surface area (Å²) in [5, 5.41) is 0. The summed E-state index contributed by atoms with van der Waals surface area (Å²) in [4.78, 5) is 0. The maximum atomic E-state index is 7.37. The van der Waals surface area contributed by atoms with E-state index in [1.54, 1.807) is 0 Å². The van der Waals surface area contributed by atoms with Crippen LogP contribution in [0, 0.1) is 20.8 Å². The summed E-state index contributed by atoms with van der Waals surface area (Å²) in [6.07, 6.45) is 47.1. The summed E-state index contributed by atoms with van der Waals surface area (Å²) in [7, 11) is -5.51. The van der Waals surface area contributed by atoms with Gasteiger partial charge >= 0.3 is 25.8 Å². The fraction of sp³-hybridized carbons (Fsp3) is 0.650. The normalized spacial score (nSPS) is 13.4. The van der Waals surface area contributed by atoms with Crippen molar-refractivity contribution in [1.29, 1.82) is 0 Å². The van der Waals surface area contributed by atoms with E-state index in [1.165, 1.54) is 212 Å². The Bertz CT molecular complexity index is 3450. The van der Waals surface area contributed by atoms with E-state index < -0.39 is 25.8 Å². The van der Waals surface area contributed by atoms with Crippen LogP contribution >= 0.6 is 25.8 Å². The molecule has 644 valence electrons. The van der Waals surface area contributed by atoms with Crippen molar-refractivity contribution in [3.8, 4) is 34.5 Å². The Morgan fingerprint density at radius 3 is 0.765 bits per heavy atom. The predicted octanol–water partition coefficient (Wildman–Crippen LogP) is 34.7. The molecule has 6 aromatic carbocycles. The molecule has 0 amide bonds. The molecule has 0 heterocycles. The zero-order chi connectivity index (χ0) is 83.3. The number of para-hydroxylation sites is 3. The van der Waals surface area contributed by atoms with Gasteiger partial charge in [-0.2, -0.15) is 0 Å². The van der Waals surface area contributed by atoms with Gasteiger partial charge in [0.15, 0.2) is 0 Å². The maximum Gasteiger partial charge on any atom is 0.463 e. The van der Waals surface area contributed by atoms with E-state index in [1.807, 2.05) is 0 Å². The van der Waals surface area contributed by atoms with Crippen molar-refractivity contribution in [2.45, 2.75) is 416 Å². The Kier molecular flexibility index (Phi) is 47.6. The topological polar surface area (TPSA) is 83.1 Å². The first-order valence-electron chi connectivity index (χ1n) is 46.5.